The van der Waals surface area contributed by atoms with Gasteiger partial charge in [-0.2, -0.15) is 0 Å². The molecule has 2 aromatic heterocycles. The van der Waals surface area contributed by atoms with Crippen LogP contribution in [0.3, 0.4) is 0 Å². The van der Waals surface area contributed by atoms with E-state index in [2.05, 4.69) is 93.9 Å². The summed E-state index contributed by atoms with van der Waals surface area (Å²) in [7, 11) is 0. The molecule has 2 aromatic carbocycles. The first kappa shape index (κ1) is 14.5. The number of benzene rings is 2. The van der Waals surface area contributed by atoms with Crippen molar-refractivity contribution in [2.24, 2.45) is 0 Å². The highest BCUT2D eigenvalue weighted by molar-refractivity contribution is 9.10. The highest BCUT2D eigenvalue weighted by Gasteiger charge is 2.13. The van der Waals surface area contributed by atoms with E-state index in [-0.39, 0.29) is 0 Å². The van der Waals surface area contributed by atoms with E-state index in [0.717, 1.165) is 10.3 Å². The van der Waals surface area contributed by atoms with Gasteiger partial charge in [-0.3, -0.25) is 4.57 Å². The third kappa shape index (κ3) is 2.36. The Morgan fingerprint density at radius 3 is 2.52 bits per heavy atom. The van der Waals surface area contributed by atoms with Gasteiger partial charge in [0.2, 0.25) is 0 Å². The van der Waals surface area contributed by atoms with Crippen molar-refractivity contribution in [2.45, 2.75) is 19.8 Å². The number of nitrogens with zero attached hydrogens (tertiary/aromatic N) is 2. The fraction of sp³-hybridized carbons (Fsp3) is 0.150. The van der Waals surface area contributed by atoms with Crippen LogP contribution < -0.4 is 0 Å². The Balaban J connectivity index is 2.12. The molecule has 23 heavy (non-hydrogen) atoms. The summed E-state index contributed by atoms with van der Waals surface area (Å²) in [5, 5.41) is 2.51. The first-order chi connectivity index (χ1) is 11.1. The number of pyridine rings is 1. The van der Waals surface area contributed by atoms with Crippen LogP contribution in [0.2, 0.25) is 0 Å². The van der Waals surface area contributed by atoms with Gasteiger partial charge in [0, 0.05) is 21.4 Å². The number of hydrogen-bond donors (Lipinski definition) is 0. The van der Waals surface area contributed by atoms with Crippen molar-refractivity contribution in [1.29, 1.82) is 0 Å². The molecular formula is C20H17BrN2. The first-order valence-electron chi connectivity index (χ1n) is 7.80. The molecule has 4 aromatic rings. The maximum Gasteiger partial charge on any atom is 0.137 e. The molecule has 4 rings (SSSR count). The molecule has 0 aliphatic heterocycles. The number of fused-ring (bicyclic) bond motifs is 3. The summed E-state index contributed by atoms with van der Waals surface area (Å²) >= 11 is 3.60. The standard InChI is InChI=1S/C20H17BrN2/c1-13(2)14-9-10-22-20(11-14)23-18-6-4-3-5-16(18)17-8-7-15(21)12-19(17)23/h3-13H,1-2H3. The van der Waals surface area contributed by atoms with E-state index in [1.807, 2.05) is 6.20 Å². The molecule has 2 nitrogen and oxygen atoms in total. The van der Waals surface area contributed by atoms with Gasteiger partial charge in [-0.05, 0) is 41.8 Å². The number of rotatable bonds is 2. The molecule has 0 aliphatic rings. The summed E-state index contributed by atoms with van der Waals surface area (Å²) in [6.07, 6.45) is 1.91. The number of halogens is 1. The van der Waals surface area contributed by atoms with Crippen LogP contribution >= 0.6 is 15.9 Å². The average molecular weight is 365 g/mol. The summed E-state index contributed by atoms with van der Waals surface area (Å²) in [6.45, 7) is 4.42. The second-order valence-electron chi connectivity index (χ2n) is 6.12. The Hall–Kier alpha value is -2.13. The zero-order valence-electron chi connectivity index (χ0n) is 13.1. The quantitative estimate of drug-likeness (QED) is 0.422. The number of aromatic nitrogens is 2. The second kappa shape index (κ2) is 5.50. The molecular weight excluding hydrogens is 348 g/mol. The summed E-state index contributed by atoms with van der Waals surface area (Å²) in [4.78, 5) is 4.64. The highest BCUT2D eigenvalue weighted by atomic mass is 79.9. The van der Waals surface area contributed by atoms with Crippen LogP contribution in [0, 0.1) is 0 Å². The van der Waals surface area contributed by atoms with Crippen molar-refractivity contribution in [3.05, 3.63) is 70.8 Å². The van der Waals surface area contributed by atoms with Crippen molar-refractivity contribution >= 4 is 37.7 Å². The van der Waals surface area contributed by atoms with Gasteiger partial charge < -0.3 is 0 Å². The Morgan fingerprint density at radius 2 is 1.70 bits per heavy atom. The third-order valence-electron chi connectivity index (χ3n) is 4.30. The monoisotopic (exact) mass is 364 g/mol. The Bertz CT molecular complexity index is 1010. The van der Waals surface area contributed by atoms with E-state index >= 15 is 0 Å². The Kier molecular flexibility index (Phi) is 3.46. The number of para-hydroxylation sites is 1. The molecule has 0 unspecified atom stereocenters. The molecule has 0 bridgehead atoms. The first-order valence-corrected chi connectivity index (χ1v) is 8.59. The van der Waals surface area contributed by atoms with Crippen molar-refractivity contribution in [3.8, 4) is 5.82 Å². The molecule has 0 amide bonds. The van der Waals surface area contributed by atoms with Gasteiger partial charge in [0.05, 0.1) is 11.0 Å². The summed E-state index contributed by atoms with van der Waals surface area (Å²) < 4.78 is 3.33. The van der Waals surface area contributed by atoms with Crippen molar-refractivity contribution < 1.29 is 0 Å². The largest absolute Gasteiger partial charge is 0.294 e. The lowest BCUT2D eigenvalue weighted by Gasteiger charge is -2.10. The molecule has 0 aliphatic carbocycles. The summed E-state index contributed by atoms with van der Waals surface area (Å²) in [5.41, 5.74) is 3.67. The van der Waals surface area contributed by atoms with Gasteiger partial charge in [0.1, 0.15) is 5.82 Å². The van der Waals surface area contributed by atoms with Gasteiger partial charge in [-0.25, -0.2) is 4.98 Å². The molecule has 0 N–H and O–H groups in total. The molecule has 0 spiro atoms. The summed E-state index contributed by atoms with van der Waals surface area (Å²) in [5.74, 6) is 1.46. The second-order valence-corrected chi connectivity index (χ2v) is 7.03. The van der Waals surface area contributed by atoms with Gasteiger partial charge in [-0.15, -0.1) is 0 Å². The van der Waals surface area contributed by atoms with Crippen LogP contribution in [0.25, 0.3) is 27.6 Å². The molecule has 0 saturated carbocycles. The molecule has 0 radical (unpaired) electrons. The molecule has 3 heteroatoms. The van der Waals surface area contributed by atoms with E-state index in [1.165, 1.54) is 27.4 Å². The van der Waals surface area contributed by atoms with Crippen LogP contribution in [0.15, 0.2) is 65.3 Å². The lowest BCUT2D eigenvalue weighted by atomic mass is 10.1. The highest BCUT2D eigenvalue weighted by Crippen LogP contribution is 2.33. The van der Waals surface area contributed by atoms with Crippen molar-refractivity contribution in [1.82, 2.24) is 9.55 Å². The zero-order chi connectivity index (χ0) is 16.0. The minimum absolute atomic E-state index is 0.483. The maximum atomic E-state index is 4.64. The predicted octanol–water partition coefficient (Wildman–Crippen LogP) is 6.06. The molecule has 0 atom stereocenters. The average Bonchev–Trinajstić information content (AvgIpc) is 2.88. The van der Waals surface area contributed by atoms with Crippen LogP contribution in [0.1, 0.15) is 25.3 Å². The van der Waals surface area contributed by atoms with Crippen LogP contribution in [-0.2, 0) is 0 Å². The van der Waals surface area contributed by atoms with E-state index in [9.17, 15) is 0 Å². The molecule has 0 fully saturated rings. The Labute approximate surface area is 143 Å². The van der Waals surface area contributed by atoms with Crippen LogP contribution in [0.4, 0.5) is 0 Å². The zero-order valence-corrected chi connectivity index (χ0v) is 14.7. The lowest BCUT2D eigenvalue weighted by molar-refractivity contribution is 0.858. The van der Waals surface area contributed by atoms with E-state index in [1.54, 1.807) is 0 Å². The minimum Gasteiger partial charge on any atom is -0.294 e. The number of hydrogen-bond acceptors (Lipinski definition) is 1. The van der Waals surface area contributed by atoms with E-state index in [4.69, 9.17) is 0 Å². The summed E-state index contributed by atoms with van der Waals surface area (Å²) in [6, 6.07) is 19.2. The minimum atomic E-state index is 0.483. The third-order valence-corrected chi connectivity index (χ3v) is 4.79. The van der Waals surface area contributed by atoms with Gasteiger partial charge in [-0.1, -0.05) is 54.0 Å². The van der Waals surface area contributed by atoms with E-state index in [0.29, 0.717) is 5.92 Å². The fourth-order valence-corrected chi connectivity index (χ4v) is 3.46. The van der Waals surface area contributed by atoms with Crippen LogP contribution in [0.5, 0.6) is 0 Å². The molecule has 114 valence electrons. The fourth-order valence-electron chi connectivity index (χ4n) is 3.11. The Morgan fingerprint density at radius 1 is 0.913 bits per heavy atom. The van der Waals surface area contributed by atoms with Gasteiger partial charge >= 0.3 is 0 Å². The predicted molar refractivity (Wildman–Crippen MR) is 100 cm³/mol. The lowest BCUT2D eigenvalue weighted by Crippen LogP contribution is -1.99. The normalized spacial score (nSPS) is 11.7. The van der Waals surface area contributed by atoms with Crippen LogP contribution in [-0.4, -0.2) is 9.55 Å². The SMILES string of the molecule is CC(C)c1ccnc(-n2c3ccccc3c3ccc(Br)cc32)c1. The van der Waals surface area contributed by atoms with E-state index < -0.39 is 0 Å². The smallest absolute Gasteiger partial charge is 0.137 e. The molecule has 0 saturated heterocycles. The van der Waals surface area contributed by atoms with Crippen molar-refractivity contribution in [2.75, 3.05) is 0 Å². The topological polar surface area (TPSA) is 17.8 Å². The van der Waals surface area contributed by atoms with Crippen molar-refractivity contribution in [3.63, 3.8) is 0 Å². The van der Waals surface area contributed by atoms with Gasteiger partial charge in [0.15, 0.2) is 0 Å². The maximum absolute atomic E-state index is 4.64. The molecule has 2 heterocycles. The van der Waals surface area contributed by atoms with Gasteiger partial charge in [0.25, 0.3) is 0 Å².